The van der Waals surface area contributed by atoms with Crippen molar-refractivity contribution in [1.29, 1.82) is 0 Å². The second-order valence-corrected chi connectivity index (χ2v) is 8.16. The van der Waals surface area contributed by atoms with Gasteiger partial charge < -0.3 is 9.42 Å². The third-order valence-corrected chi connectivity index (χ3v) is 6.05. The second-order valence-electron chi connectivity index (χ2n) is 7.28. The molecule has 0 aliphatic carbocycles. The van der Waals surface area contributed by atoms with E-state index in [1.807, 2.05) is 11.0 Å². The molecule has 28 heavy (non-hydrogen) atoms. The van der Waals surface area contributed by atoms with Crippen molar-refractivity contribution in [3.8, 4) is 11.5 Å². The first-order chi connectivity index (χ1) is 13.5. The summed E-state index contributed by atoms with van der Waals surface area (Å²) in [5.74, 6) is 1.23. The Balaban J connectivity index is 1.46. The summed E-state index contributed by atoms with van der Waals surface area (Å²) in [7, 11) is 0. The number of rotatable bonds is 5. The van der Waals surface area contributed by atoms with E-state index in [0.29, 0.717) is 31.2 Å². The van der Waals surface area contributed by atoms with Gasteiger partial charge >= 0.3 is 0 Å². The molecule has 5 nitrogen and oxygen atoms in total. The SMILES string of the molecule is CSc1ccc(CN2CC(c3noc(-c4ccc(C)c(C)c4)n3)CC2=O)cc1. The lowest BCUT2D eigenvalue weighted by molar-refractivity contribution is -0.128. The predicted molar refractivity (Wildman–Crippen MR) is 110 cm³/mol. The van der Waals surface area contributed by atoms with E-state index < -0.39 is 0 Å². The van der Waals surface area contributed by atoms with Gasteiger partial charge in [0.1, 0.15) is 0 Å². The van der Waals surface area contributed by atoms with E-state index in [9.17, 15) is 4.79 Å². The summed E-state index contributed by atoms with van der Waals surface area (Å²) in [4.78, 5) is 20.2. The third-order valence-electron chi connectivity index (χ3n) is 5.31. The Kier molecular flexibility index (Phi) is 5.22. The average molecular weight is 394 g/mol. The van der Waals surface area contributed by atoms with Crippen molar-refractivity contribution < 1.29 is 9.32 Å². The largest absolute Gasteiger partial charge is 0.338 e. The van der Waals surface area contributed by atoms with Crippen LogP contribution in [0.5, 0.6) is 0 Å². The van der Waals surface area contributed by atoms with Crippen molar-refractivity contribution >= 4 is 17.7 Å². The smallest absolute Gasteiger partial charge is 0.257 e. The number of likely N-dealkylation sites (tertiary alicyclic amines) is 1. The van der Waals surface area contributed by atoms with Crippen molar-refractivity contribution in [1.82, 2.24) is 15.0 Å². The molecule has 0 bridgehead atoms. The van der Waals surface area contributed by atoms with Crippen LogP contribution in [-0.4, -0.2) is 33.7 Å². The lowest BCUT2D eigenvalue weighted by Crippen LogP contribution is -2.24. The van der Waals surface area contributed by atoms with Crippen LogP contribution < -0.4 is 0 Å². The monoisotopic (exact) mass is 393 g/mol. The topological polar surface area (TPSA) is 59.2 Å². The van der Waals surface area contributed by atoms with Gasteiger partial charge in [-0.25, -0.2) is 0 Å². The molecule has 1 aromatic heterocycles. The van der Waals surface area contributed by atoms with Gasteiger partial charge in [-0.3, -0.25) is 4.79 Å². The molecule has 4 rings (SSSR count). The van der Waals surface area contributed by atoms with E-state index in [4.69, 9.17) is 4.52 Å². The molecule has 1 aliphatic heterocycles. The Morgan fingerprint density at radius 2 is 1.93 bits per heavy atom. The Bertz CT molecular complexity index is 997. The zero-order chi connectivity index (χ0) is 19.7. The second kappa shape index (κ2) is 7.80. The molecule has 1 amide bonds. The maximum Gasteiger partial charge on any atom is 0.257 e. The molecule has 1 unspecified atom stereocenters. The third kappa shape index (κ3) is 3.83. The first-order valence-electron chi connectivity index (χ1n) is 9.35. The summed E-state index contributed by atoms with van der Waals surface area (Å²) in [6, 6.07) is 14.4. The van der Waals surface area contributed by atoms with E-state index in [1.165, 1.54) is 16.0 Å². The normalized spacial score (nSPS) is 16.8. The highest BCUT2D eigenvalue weighted by Crippen LogP contribution is 2.30. The Morgan fingerprint density at radius 3 is 2.64 bits per heavy atom. The molecule has 1 saturated heterocycles. The van der Waals surface area contributed by atoms with Crippen LogP contribution in [0.3, 0.4) is 0 Å². The Hall–Kier alpha value is -2.60. The fraction of sp³-hybridized carbons (Fsp3) is 0.318. The van der Waals surface area contributed by atoms with Gasteiger partial charge in [-0.2, -0.15) is 4.98 Å². The highest BCUT2D eigenvalue weighted by atomic mass is 32.2. The lowest BCUT2D eigenvalue weighted by atomic mass is 10.1. The number of hydrogen-bond donors (Lipinski definition) is 0. The molecule has 1 aliphatic rings. The van der Waals surface area contributed by atoms with E-state index >= 15 is 0 Å². The van der Waals surface area contributed by atoms with Crippen LogP contribution in [0.15, 0.2) is 51.9 Å². The van der Waals surface area contributed by atoms with Crippen LogP contribution in [0.4, 0.5) is 0 Å². The van der Waals surface area contributed by atoms with Crippen LogP contribution >= 0.6 is 11.8 Å². The summed E-state index contributed by atoms with van der Waals surface area (Å²) in [5.41, 5.74) is 4.46. The first kappa shape index (κ1) is 18.7. The zero-order valence-corrected chi connectivity index (χ0v) is 17.1. The van der Waals surface area contributed by atoms with Gasteiger partial charge in [0.05, 0.1) is 0 Å². The molecule has 1 fully saturated rings. The average Bonchev–Trinajstić information content (AvgIpc) is 3.32. The number of aryl methyl sites for hydroxylation is 2. The molecule has 2 aromatic carbocycles. The van der Waals surface area contributed by atoms with Crippen molar-refractivity contribution in [2.24, 2.45) is 0 Å². The molecular formula is C22H23N3O2S. The number of thioether (sulfide) groups is 1. The van der Waals surface area contributed by atoms with Crippen molar-refractivity contribution in [2.75, 3.05) is 12.8 Å². The fourth-order valence-electron chi connectivity index (χ4n) is 3.44. The van der Waals surface area contributed by atoms with Gasteiger partial charge in [-0.15, -0.1) is 11.8 Å². The maximum atomic E-state index is 12.5. The number of amides is 1. The van der Waals surface area contributed by atoms with E-state index in [-0.39, 0.29) is 11.8 Å². The molecule has 2 heterocycles. The first-order valence-corrected chi connectivity index (χ1v) is 10.6. The summed E-state index contributed by atoms with van der Waals surface area (Å²) < 4.78 is 5.48. The van der Waals surface area contributed by atoms with Crippen LogP contribution in [0.1, 0.15) is 34.9 Å². The van der Waals surface area contributed by atoms with Crippen LogP contribution in [-0.2, 0) is 11.3 Å². The van der Waals surface area contributed by atoms with Gasteiger partial charge in [-0.1, -0.05) is 23.4 Å². The van der Waals surface area contributed by atoms with E-state index in [1.54, 1.807) is 11.8 Å². The van der Waals surface area contributed by atoms with Gasteiger partial charge in [0.15, 0.2) is 5.82 Å². The number of carbonyl (C=O) groups excluding carboxylic acids is 1. The Morgan fingerprint density at radius 1 is 1.14 bits per heavy atom. The van der Waals surface area contributed by atoms with E-state index in [2.05, 4.69) is 66.6 Å². The lowest BCUT2D eigenvalue weighted by Gasteiger charge is -2.16. The van der Waals surface area contributed by atoms with E-state index in [0.717, 1.165) is 11.1 Å². The summed E-state index contributed by atoms with van der Waals surface area (Å²) in [6.45, 7) is 5.38. The molecule has 1 atom stereocenters. The van der Waals surface area contributed by atoms with Crippen LogP contribution in [0.25, 0.3) is 11.5 Å². The quantitative estimate of drug-likeness (QED) is 0.593. The summed E-state index contributed by atoms with van der Waals surface area (Å²) in [6.07, 6.45) is 2.48. The van der Waals surface area contributed by atoms with Gasteiger partial charge in [-0.05, 0) is 61.1 Å². The zero-order valence-electron chi connectivity index (χ0n) is 16.3. The molecule has 0 saturated carbocycles. The molecule has 0 N–H and O–H groups in total. The van der Waals surface area contributed by atoms with Gasteiger partial charge in [0.25, 0.3) is 5.89 Å². The number of hydrogen-bond acceptors (Lipinski definition) is 5. The minimum absolute atomic E-state index is 0.0259. The number of nitrogens with zero attached hydrogens (tertiary/aromatic N) is 3. The molecule has 3 aromatic rings. The minimum atomic E-state index is -0.0259. The molecular weight excluding hydrogens is 370 g/mol. The van der Waals surface area contributed by atoms with Gasteiger partial charge in [0, 0.05) is 35.9 Å². The maximum absolute atomic E-state index is 12.5. The molecule has 0 spiro atoms. The Labute approximate surface area is 169 Å². The van der Waals surface area contributed by atoms with Crippen molar-refractivity contribution in [3.05, 3.63) is 65.0 Å². The molecule has 144 valence electrons. The summed E-state index contributed by atoms with van der Waals surface area (Å²) >= 11 is 1.71. The number of carbonyl (C=O) groups is 1. The molecule has 0 radical (unpaired) electrons. The molecule has 6 heteroatoms. The minimum Gasteiger partial charge on any atom is -0.338 e. The highest BCUT2D eigenvalue weighted by Gasteiger charge is 2.33. The fourth-order valence-corrected chi connectivity index (χ4v) is 3.85. The highest BCUT2D eigenvalue weighted by molar-refractivity contribution is 7.98. The predicted octanol–water partition coefficient (Wildman–Crippen LogP) is 4.59. The number of aromatic nitrogens is 2. The summed E-state index contributed by atoms with van der Waals surface area (Å²) in [5, 5.41) is 4.16. The van der Waals surface area contributed by atoms with Crippen molar-refractivity contribution in [2.45, 2.75) is 37.6 Å². The standard InChI is InChI=1S/C22H23N3O2S/c1-14-4-7-17(10-15(14)2)22-23-21(24-27-22)18-11-20(26)25(13-18)12-16-5-8-19(28-3)9-6-16/h4-10,18H,11-13H2,1-3H3. The number of benzene rings is 2. The van der Waals surface area contributed by atoms with Gasteiger partial charge in [0.2, 0.25) is 5.91 Å². The van der Waals surface area contributed by atoms with Crippen LogP contribution in [0, 0.1) is 13.8 Å². The van der Waals surface area contributed by atoms with Crippen molar-refractivity contribution in [3.63, 3.8) is 0 Å². The van der Waals surface area contributed by atoms with Crippen LogP contribution in [0.2, 0.25) is 0 Å².